The van der Waals surface area contributed by atoms with Gasteiger partial charge in [0.05, 0.1) is 11.9 Å². The minimum Gasteiger partial charge on any atom is -0.217 e. The lowest BCUT2D eigenvalue weighted by Gasteiger charge is -2.04. The van der Waals surface area contributed by atoms with Gasteiger partial charge < -0.3 is 0 Å². The van der Waals surface area contributed by atoms with Gasteiger partial charge in [-0.05, 0) is 0 Å². The van der Waals surface area contributed by atoms with Crippen LogP contribution < -0.4 is 0 Å². The Labute approximate surface area is 97.3 Å². The molecule has 1 aromatic carbocycles. The molecule has 0 unspecified atom stereocenters. The van der Waals surface area contributed by atoms with Gasteiger partial charge in [0.15, 0.2) is 5.65 Å². The maximum absolute atomic E-state index is 5.98. The van der Waals surface area contributed by atoms with Crippen LogP contribution in [0.3, 0.4) is 0 Å². The molecule has 16 heavy (non-hydrogen) atoms. The van der Waals surface area contributed by atoms with Gasteiger partial charge in [0.2, 0.25) is 0 Å². The van der Waals surface area contributed by atoms with Gasteiger partial charge in [0, 0.05) is 17.7 Å². The van der Waals surface area contributed by atoms with Crippen LogP contribution in [0.4, 0.5) is 0 Å². The number of nitrogens with zero attached hydrogens (tertiary/aromatic N) is 3. The Morgan fingerprint density at radius 2 is 1.88 bits per heavy atom. The molecular formula is C12H8ClN3. The molecule has 0 aliphatic rings. The first-order chi connectivity index (χ1) is 7.84. The van der Waals surface area contributed by atoms with E-state index in [0.717, 1.165) is 16.9 Å². The average molecular weight is 230 g/mol. The van der Waals surface area contributed by atoms with Gasteiger partial charge >= 0.3 is 0 Å². The summed E-state index contributed by atoms with van der Waals surface area (Å²) < 4.78 is 1.78. The van der Waals surface area contributed by atoms with Crippen LogP contribution in [-0.4, -0.2) is 14.6 Å². The summed E-state index contributed by atoms with van der Waals surface area (Å²) in [6.07, 6.45) is 1.71. The molecule has 0 aliphatic carbocycles. The Morgan fingerprint density at radius 1 is 1.06 bits per heavy atom. The lowest BCUT2D eigenvalue weighted by Crippen LogP contribution is -1.95. The summed E-state index contributed by atoms with van der Waals surface area (Å²) in [7, 11) is 0. The average Bonchev–Trinajstić information content (AvgIpc) is 2.77. The number of hydrogen-bond donors (Lipinski definition) is 0. The number of rotatable bonds is 1. The largest absolute Gasteiger partial charge is 0.217 e. The van der Waals surface area contributed by atoms with Crippen LogP contribution in [-0.2, 0) is 0 Å². The monoisotopic (exact) mass is 229 g/mol. The van der Waals surface area contributed by atoms with E-state index in [1.165, 1.54) is 0 Å². The predicted octanol–water partition coefficient (Wildman–Crippen LogP) is 3.05. The van der Waals surface area contributed by atoms with E-state index in [1.807, 2.05) is 42.5 Å². The van der Waals surface area contributed by atoms with Crippen molar-refractivity contribution in [2.75, 3.05) is 0 Å². The van der Waals surface area contributed by atoms with Crippen molar-refractivity contribution in [3.05, 3.63) is 53.8 Å². The highest BCUT2D eigenvalue weighted by atomic mass is 35.5. The molecule has 0 fully saturated rings. The summed E-state index contributed by atoms with van der Waals surface area (Å²) in [5, 5.41) is 4.71. The van der Waals surface area contributed by atoms with Gasteiger partial charge in [0.1, 0.15) is 5.15 Å². The molecule has 3 rings (SSSR count). The smallest absolute Gasteiger partial charge is 0.157 e. The summed E-state index contributed by atoms with van der Waals surface area (Å²) >= 11 is 5.98. The summed E-state index contributed by atoms with van der Waals surface area (Å²) in [4.78, 5) is 4.19. The van der Waals surface area contributed by atoms with Crippen LogP contribution in [0.25, 0.3) is 16.9 Å². The first kappa shape index (κ1) is 9.36. The third-order valence-corrected chi connectivity index (χ3v) is 2.59. The number of halogens is 1. The highest BCUT2D eigenvalue weighted by Gasteiger charge is 2.06. The zero-order valence-electron chi connectivity index (χ0n) is 8.34. The van der Waals surface area contributed by atoms with Crippen molar-refractivity contribution in [2.24, 2.45) is 0 Å². The standard InChI is InChI=1S/C12H8ClN3/c13-11-8-10(9-4-2-1-3-5-9)16-12(15-11)6-7-14-16/h1-8H. The van der Waals surface area contributed by atoms with Gasteiger partial charge in [-0.25, -0.2) is 9.50 Å². The van der Waals surface area contributed by atoms with Crippen LogP contribution in [0.1, 0.15) is 0 Å². The first-order valence-electron chi connectivity index (χ1n) is 4.90. The van der Waals surface area contributed by atoms with E-state index in [2.05, 4.69) is 10.1 Å². The van der Waals surface area contributed by atoms with Crippen LogP contribution >= 0.6 is 11.6 Å². The van der Waals surface area contributed by atoms with Crippen molar-refractivity contribution in [2.45, 2.75) is 0 Å². The quantitative estimate of drug-likeness (QED) is 0.601. The minimum absolute atomic E-state index is 0.479. The molecule has 0 spiro atoms. The molecule has 2 heterocycles. The van der Waals surface area contributed by atoms with Crippen molar-refractivity contribution in [3.63, 3.8) is 0 Å². The third kappa shape index (κ3) is 1.46. The molecule has 0 bridgehead atoms. The molecule has 0 aliphatic heterocycles. The Hall–Kier alpha value is -1.87. The SMILES string of the molecule is Clc1cc(-c2ccccc2)n2nccc2n1. The van der Waals surface area contributed by atoms with E-state index in [0.29, 0.717) is 5.15 Å². The molecule has 0 atom stereocenters. The van der Waals surface area contributed by atoms with E-state index >= 15 is 0 Å². The lowest BCUT2D eigenvalue weighted by molar-refractivity contribution is 0.948. The summed E-state index contributed by atoms with van der Waals surface area (Å²) in [5.41, 5.74) is 2.77. The molecule has 0 saturated carbocycles. The summed E-state index contributed by atoms with van der Waals surface area (Å²) in [5.74, 6) is 0. The molecule has 3 aromatic rings. The van der Waals surface area contributed by atoms with Crippen molar-refractivity contribution >= 4 is 17.2 Å². The number of fused-ring (bicyclic) bond motifs is 1. The lowest BCUT2D eigenvalue weighted by atomic mass is 10.1. The van der Waals surface area contributed by atoms with Crippen molar-refractivity contribution < 1.29 is 0 Å². The maximum Gasteiger partial charge on any atom is 0.157 e. The fourth-order valence-corrected chi connectivity index (χ4v) is 1.89. The van der Waals surface area contributed by atoms with Crippen molar-refractivity contribution in [1.29, 1.82) is 0 Å². The Balaban J connectivity index is 2.34. The first-order valence-corrected chi connectivity index (χ1v) is 5.28. The molecule has 0 amide bonds. The highest BCUT2D eigenvalue weighted by molar-refractivity contribution is 6.29. The fraction of sp³-hybridized carbons (Fsp3) is 0. The summed E-state index contributed by atoms with van der Waals surface area (Å²) in [6.45, 7) is 0. The third-order valence-electron chi connectivity index (χ3n) is 2.40. The minimum atomic E-state index is 0.479. The number of benzene rings is 1. The second kappa shape index (κ2) is 3.61. The van der Waals surface area contributed by atoms with Crippen molar-refractivity contribution in [1.82, 2.24) is 14.6 Å². The number of aromatic nitrogens is 3. The number of hydrogen-bond acceptors (Lipinski definition) is 2. The second-order valence-corrected chi connectivity index (χ2v) is 3.82. The Bertz CT molecular complexity index is 631. The molecule has 2 aromatic heterocycles. The van der Waals surface area contributed by atoms with Gasteiger partial charge in [-0.1, -0.05) is 41.9 Å². The zero-order valence-corrected chi connectivity index (χ0v) is 9.09. The van der Waals surface area contributed by atoms with E-state index in [1.54, 1.807) is 10.7 Å². The normalized spacial score (nSPS) is 10.8. The molecular weight excluding hydrogens is 222 g/mol. The molecule has 4 heteroatoms. The van der Waals surface area contributed by atoms with Crippen LogP contribution in [0, 0.1) is 0 Å². The molecule has 0 radical (unpaired) electrons. The van der Waals surface area contributed by atoms with E-state index in [-0.39, 0.29) is 0 Å². The molecule has 0 N–H and O–H groups in total. The van der Waals surface area contributed by atoms with E-state index < -0.39 is 0 Å². The fourth-order valence-electron chi connectivity index (χ4n) is 1.70. The van der Waals surface area contributed by atoms with Crippen LogP contribution in [0.2, 0.25) is 5.15 Å². The van der Waals surface area contributed by atoms with Gasteiger partial charge in [-0.2, -0.15) is 5.10 Å². The van der Waals surface area contributed by atoms with Crippen LogP contribution in [0.5, 0.6) is 0 Å². The van der Waals surface area contributed by atoms with E-state index in [9.17, 15) is 0 Å². The Morgan fingerprint density at radius 3 is 2.69 bits per heavy atom. The second-order valence-electron chi connectivity index (χ2n) is 3.43. The molecule has 3 nitrogen and oxygen atoms in total. The topological polar surface area (TPSA) is 30.2 Å². The Kier molecular flexibility index (Phi) is 2.11. The zero-order chi connectivity index (χ0) is 11.0. The molecule has 78 valence electrons. The predicted molar refractivity (Wildman–Crippen MR) is 63.4 cm³/mol. The van der Waals surface area contributed by atoms with E-state index in [4.69, 9.17) is 11.6 Å². The van der Waals surface area contributed by atoms with Gasteiger partial charge in [-0.3, -0.25) is 0 Å². The van der Waals surface area contributed by atoms with Crippen LogP contribution in [0.15, 0.2) is 48.7 Å². The van der Waals surface area contributed by atoms with Gasteiger partial charge in [-0.15, -0.1) is 0 Å². The summed E-state index contributed by atoms with van der Waals surface area (Å²) in [6, 6.07) is 13.6. The maximum atomic E-state index is 5.98. The van der Waals surface area contributed by atoms with Crippen molar-refractivity contribution in [3.8, 4) is 11.3 Å². The highest BCUT2D eigenvalue weighted by Crippen LogP contribution is 2.22. The van der Waals surface area contributed by atoms with Gasteiger partial charge in [0.25, 0.3) is 0 Å². The molecule has 0 saturated heterocycles.